The number of aromatic nitrogens is 2. The van der Waals surface area contributed by atoms with Gasteiger partial charge in [0.25, 0.3) is 0 Å². The number of ether oxygens (including phenoxy) is 1. The van der Waals surface area contributed by atoms with Crippen molar-refractivity contribution in [1.29, 1.82) is 0 Å². The molecule has 0 saturated heterocycles. The summed E-state index contributed by atoms with van der Waals surface area (Å²) in [6.45, 7) is 2.22. The van der Waals surface area contributed by atoms with Crippen LogP contribution >= 0.6 is 0 Å². The summed E-state index contributed by atoms with van der Waals surface area (Å²) in [4.78, 5) is 11.3. The summed E-state index contributed by atoms with van der Waals surface area (Å²) in [5, 5.41) is 7.90. The number of rotatable bonds is 7. The number of hydrogen-bond acceptors (Lipinski definition) is 4. The first-order chi connectivity index (χ1) is 12.6. The van der Waals surface area contributed by atoms with Gasteiger partial charge in [0.15, 0.2) is 0 Å². The molecule has 0 bridgehead atoms. The van der Waals surface area contributed by atoms with Gasteiger partial charge in [0.05, 0.1) is 24.5 Å². The Kier molecular flexibility index (Phi) is 5.34. The van der Waals surface area contributed by atoms with Crippen LogP contribution in [0.4, 0.5) is 0 Å². The minimum Gasteiger partial charge on any atom is -0.497 e. The monoisotopic (exact) mass is 350 g/mol. The number of nitrogens with one attached hydrogen (secondary N) is 1. The van der Waals surface area contributed by atoms with Crippen LogP contribution in [0.25, 0.3) is 16.9 Å². The number of nitrogens with two attached hydrogens (primary N) is 1. The number of amides is 1. The lowest BCUT2D eigenvalue weighted by Gasteiger charge is -2.10. The van der Waals surface area contributed by atoms with E-state index in [-0.39, 0.29) is 5.91 Å². The highest BCUT2D eigenvalue weighted by Gasteiger charge is 2.15. The molecule has 2 aromatic carbocycles. The van der Waals surface area contributed by atoms with Crippen molar-refractivity contribution in [2.24, 2.45) is 5.73 Å². The molecule has 3 aromatic rings. The molecule has 6 heteroatoms. The first kappa shape index (κ1) is 17.7. The normalized spacial score (nSPS) is 11.9. The second-order valence-electron chi connectivity index (χ2n) is 6.02. The van der Waals surface area contributed by atoms with E-state index in [2.05, 4.69) is 5.32 Å². The van der Waals surface area contributed by atoms with Crippen LogP contribution in [0.2, 0.25) is 0 Å². The highest BCUT2D eigenvalue weighted by molar-refractivity contribution is 5.79. The van der Waals surface area contributed by atoms with E-state index in [4.69, 9.17) is 15.6 Å². The van der Waals surface area contributed by atoms with Crippen LogP contribution in [0.3, 0.4) is 0 Å². The number of benzene rings is 2. The SMILES string of the molecule is COc1cccc(-c2nn(-c3ccccc3)cc2CN[C@@H](C)C(N)=O)c1. The number of carbonyl (C=O) groups excluding carboxylic acids is 1. The molecule has 3 rings (SSSR count). The molecule has 0 unspecified atom stereocenters. The van der Waals surface area contributed by atoms with E-state index in [0.29, 0.717) is 6.54 Å². The van der Waals surface area contributed by atoms with Crippen LogP contribution in [0.1, 0.15) is 12.5 Å². The van der Waals surface area contributed by atoms with Gasteiger partial charge in [-0.2, -0.15) is 5.10 Å². The molecule has 26 heavy (non-hydrogen) atoms. The number of primary amides is 1. The zero-order valence-corrected chi connectivity index (χ0v) is 14.8. The van der Waals surface area contributed by atoms with Gasteiger partial charge in [-0.25, -0.2) is 4.68 Å². The third-order valence-corrected chi connectivity index (χ3v) is 4.18. The minimum atomic E-state index is -0.423. The number of carbonyl (C=O) groups is 1. The van der Waals surface area contributed by atoms with Crippen molar-refractivity contribution in [3.05, 3.63) is 66.4 Å². The fourth-order valence-corrected chi connectivity index (χ4v) is 2.63. The average Bonchev–Trinajstić information content (AvgIpc) is 3.11. The summed E-state index contributed by atoms with van der Waals surface area (Å²) in [6.07, 6.45) is 1.96. The van der Waals surface area contributed by atoms with Crippen LogP contribution in [-0.4, -0.2) is 28.8 Å². The maximum absolute atomic E-state index is 11.3. The van der Waals surface area contributed by atoms with Crippen molar-refractivity contribution in [3.8, 4) is 22.7 Å². The number of methoxy groups -OCH3 is 1. The van der Waals surface area contributed by atoms with Gasteiger partial charge in [0.2, 0.25) is 5.91 Å². The summed E-state index contributed by atoms with van der Waals surface area (Å²) < 4.78 is 7.16. The van der Waals surface area contributed by atoms with E-state index in [0.717, 1.165) is 28.3 Å². The molecule has 3 N–H and O–H groups in total. The van der Waals surface area contributed by atoms with E-state index in [1.807, 2.05) is 65.5 Å². The van der Waals surface area contributed by atoms with Crippen LogP contribution < -0.4 is 15.8 Å². The fourth-order valence-electron chi connectivity index (χ4n) is 2.63. The molecule has 0 aliphatic rings. The molecule has 0 radical (unpaired) electrons. The largest absolute Gasteiger partial charge is 0.497 e. The van der Waals surface area contributed by atoms with Crippen molar-refractivity contribution in [2.75, 3.05) is 7.11 Å². The Hall–Kier alpha value is -3.12. The molecular weight excluding hydrogens is 328 g/mol. The highest BCUT2D eigenvalue weighted by Crippen LogP contribution is 2.27. The Bertz CT molecular complexity index is 890. The molecule has 0 fully saturated rings. The molecule has 0 spiro atoms. The van der Waals surface area contributed by atoms with Gasteiger partial charge in [-0.05, 0) is 31.2 Å². The summed E-state index contributed by atoms with van der Waals surface area (Å²) >= 11 is 0. The molecule has 1 amide bonds. The van der Waals surface area contributed by atoms with Gasteiger partial charge in [-0.1, -0.05) is 30.3 Å². The van der Waals surface area contributed by atoms with Crippen LogP contribution in [0.15, 0.2) is 60.8 Å². The molecule has 0 aliphatic heterocycles. The Balaban J connectivity index is 1.99. The van der Waals surface area contributed by atoms with Gasteiger partial charge in [-0.15, -0.1) is 0 Å². The van der Waals surface area contributed by atoms with Gasteiger partial charge >= 0.3 is 0 Å². The number of para-hydroxylation sites is 1. The molecule has 1 heterocycles. The summed E-state index contributed by atoms with van der Waals surface area (Å²) in [7, 11) is 1.64. The lowest BCUT2D eigenvalue weighted by atomic mass is 10.1. The van der Waals surface area contributed by atoms with Crippen LogP contribution in [0.5, 0.6) is 5.75 Å². The van der Waals surface area contributed by atoms with Gasteiger partial charge in [0.1, 0.15) is 5.75 Å². The maximum atomic E-state index is 11.3. The summed E-state index contributed by atoms with van der Waals surface area (Å²) in [6, 6.07) is 17.2. The second kappa shape index (κ2) is 7.84. The quantitative estimate of drug-likeness (QED) is 0.686. The van der Waals surface area contributed by atoms with E-state index in [9.17, 15) is 4.79 Å². The molecular formula is C20H22N4O2. The van der Waals surface area contributed by atoms with E-state index >= 15 is 0 Å². The molecule has 1 atom stereocenters. The van der Waals surface area contributed by atoms with E-state index in [1.165, 1.54) is 0 Å². The summed E-state index contributed by atoms with van der Waals surface area (Å²) in [5.74, 6) is 0.379. The van der Waals surface area contributed by atoms with Crippen molar-refractivity contribution in [1.82, 2.24) is 15.1 Å². The van der Waals surface area contributed by atoms with Crippen LogP contribution in [-0.2, 0) is 11.3 Å². The topological polar surface area (TPSA) is 82.2 Å². The predicted octanol–water partition coefficient (Wildman–Crippen LogP) is 2.51. The van der Waals surface area contributed by atoms with Crippen LogP contribution in [0, 0.1) is 0 Å². The fraction of sp³-hybridized carbons (Fsp3) is 0.200. The number of nitrogens with zero attached hydrogens (tertiary/aromatic N) is 2. The Morgan fingerprint density at radius 1 is 1.23 bits per heavy atom. The minimum absolute atomic E-state index is 0.386. The standard InChI is InChI=1S/C20H22N4O2/c1-14(20(21)25)22-12-16-13-24(17-8-4-3-5-9-17)23-19(16)15-7-6-10-18(11-15)26-2/h3-11,13-14,22H,12H2,1-2H3,(H2,21,25)/t14-/m0/s1. The zero-order chi connectivity index (χ0) is 18.5. The van der Waals surface area contributed by atoms with Crippen molar-refractivity contribution < 1.29 is 9.53 Å². The predicted molar refractivity (Wildman–Crippen MR) is 101 cm³/mol. The Morgan fingerprint density at radius 2 is 2.00 bits per heavy atom. The van der Waals surface area contributed by atoms with E-state index in [1.54, 1.807) is 14.0 Å². The first-order valence-electron chi connectivity index (χ1n) is 8.39. The molecule has 1 aromatic heterocycles. The van der Waals surface area contributed by atoms with Crippen molar-refractivity contribution in [3.63, 3.8) is 0 Å². The lowest BCUT2D eigenvalue weighted by Crippen LogP contribution is -2.38. The molecule has 134 valence electrons. The lowest BCUT2D eigenvalue weighted by molar-refractivity contribution is -0.119. The highest BCUT2D eigenvalue weighted by atomic mass is 16.5. The van der Waals surface area contributed by atoms with Crippen molar-refractivity contribution in [2.45, 2.75) is 19.5 Å². The maximum Gasteiger partial charge on any atom is 0.234 e. The Morgan fingerprint density at radius 3 is 2.69 bits per heavy atom. The van der Waals surface area contributed by atoms with Gasteiger partial charge in [0, 0.05) is 23.9 Å². The first-order valence-corrected chi connectivity index (χ1v) is 8.39. The number of hydrogen-bond donors (Lipinski definition) is 2. The Labute approximate surface area is 152 Å². The third-order valence-electron chi connectivity index (χ3n) is 4.18. The summed E-state index contributed by atoms with van der Waals surface area (Å²) in [5.41, 5.74) is 9.05. The van der Waals surface area contributed by atoms with Gasteiger partial charge < -0.3 is 15.8 Å². The van der Waals surface area contributed by atoms with E-state index < -0.39 is 6.04 Å². The van der Waals surface area contributed by atoms with Gasteiger partial charge in [-0.3, -0.25) is 4.79 Å². The average molecular weight is 350 g/mol. The molecule has 0 saturated carbocycles. The molecule has 0 aliphatic carbocycles. The third kappa shape index (κ3) is 3.92. The molecule has 6 nitrogen and oxygen atoms in total. The van der Waals surface area contributed by atoms with Crippen molar-refractivity contribution >= 4 is 5.91 Å². The zero-order valence-electron chi connectivity index (χ0n) is 14.8. The smallest absolute Gasteiger partial charge is 0.234 e. The second-order valence-corrected chi connectivity index (χ2v) is 6.02.